The summed E-state index contributed by atoms with van der Waals surface area (Å²) < 4.78 is 20.9. The van der Waals surface area contributed by atoms with Crippen molar-refractivity contribution in [3.8, 4) is 0 Å². The third-order valence-electron chi connectivity index (χ3n) is 4.12. The maximum absolute atomic E-state index is 11.8. The van der Waals surface area contributed by atoms with Gasteiger partial charge in [0.25, 0.3) is 0 Å². The first-order valence-corrected chi connectivity index (χ1v) is 9.99. The summed E-state index contributed by atoms with van der Waals surface area (Å²) in [6.07, 6.45) is 6.95. The Bertz CT molecular complexity index is 792. The molecular weight excluding hydrogens is 396 g/mol. The van der Waals surface area contributed by atoms with Gasteiger partial charge in [-0.25, -0.2) is 9.59 Å². The SMILES string of the molecule is Cc1ccc(C(=O)OC/C=C\COCOC/C=C\COC(=O)c2ccc(C)cc2)cc1. The van der Waals surface area contributed by atoms with E-state index in [1.54, 1.807) is 48.6 Å². The number of aryl methyl sites for hydroxylation is 2. The molecule has 0 unspecified atom stereocenters. The highest BCUT2D eigenvalue weighted by molar-refractivity contribution is 5.89. The molecule has 0 heterocycles. The first kappa shape index (κ1) is 24.1. The molecule has 31 heavy (non-hydrogen) atoms. The Kier molecular flexibility index (Phi) is 10.8. The van der Waals surface area contributed by atoms with Crippen LogP contribution in [0.4, 0.5) is 0 Å². The highest BCUT2D eigenvalue weighted by Gasteiger charge is 2.05. The van der Waals surface area contributed by atoms with E-state index in [1.165, 1.54) is 0 Å². The number of rotatable bonds is 12. The maximum atomic E-state index is 11.8. The molecule has 2 aromatic carbocycles. The van der Waals surface area contributed by atoms with Crippen LogP contribution < -0.4 is 0 Å². The average Bonchev–Trinajstić information content (AvgIpc) is 2.77. The van der Waals surface area contributed by atoms with Gasteiger partial charge in [0.15, 0.2) is 0 Å². The summed E-state index contributed by atoms with van der Waals surface area (Å²) in [5.74, 6) is -0.713. The molecule has 0 amide bonds. The van der Waals surface area contributed by atoms with Gasteiger partial charge < -0.3 is 18.9 Å². The highest BCUT2D eigenvalue weighted by Crippen LogP contribution is 2.05. The van der Waals surface area contributed by atoms with Crippen molar-refractivity contribution in [3.63, 3.8) is 0 Å². The summed E-state index contributed by atoms with van der Waals surface area (Å²) in [6.45, 7) is 5.10. The Balaban J connectivity index is 1.45. The van der Waals surface area contributed by atoms with Crippen molar-refractivity contribution >= 4 is 11.9 Å². The molecule has 6 heteroatoms. The summed E-state index contributed by atoms with van der Waals surface area (Å²) >= 11 is 0. The number of esters is 2. The molecule has 2 rings (SSSR count). The summed E-state index contributed by atoms with van der Waals surface area (Å²) in [7, 11) is 0. The average molecular weight is 424 g/mol. The fourth-order valence-electron chi connectivity index (χ4n) is 2.36. The first-order valence-electron chi connectivity index (χ1n) is 9.99. The molecule has 0 saturated heterocycles. The Hall–Kier alpha value is -3.22. The Morgan fingerprint density at radius 1 is 0.613 bits per heavy atom. The van der Waals surface area contributed by atoms with Crippen LogP contribution in [0.3, 0.4) is 0 Å². The van der Waals surface area contributed by atoms with E-state index in [1.807, 2.05) is 38.1 Å². The Labute approximate surface area is 183 Å². The van der Waals surface area contributed by atoms with E-state index < -0.39 is 0 Å². The van der Waals surface area contributed by atoms with E-state index in [9.17, 15) is 9.59 Å². The van der Waals surface area contributed by atoms with Gasteiger partial charge in [0, 0.05) is 0 Å². The van der Waals surface area contributed by atoms with Gasteiger partial charge in [-0.2, -0.15) is 0 Å². The van der Waals surface area contributed by atoms with Gasteiger partial charge in [-0.05, 0) is 50.3 Å². The number of ether oxygens (including phenoxy) is 4. The predicted molar refractivity (Wildman–Crippen MR) is 118 cm³/mol. The summed E-state index contributed by atoms with van der Waals surface area (Å²) in [6, 6.07) is 14.4. The fourth-order valence-corrected chi connectivity index (χ4v) is 2.36. The van der Waals surface area contributed by atoms with Crippen molar-refractivity contribution in [3.05, 3.63) is 95.1 Å². The molecule has 6 nitrogen and oxygen atoms in total. The van der Waals surface area contributed by atoms with Crippen LogP contribution in [0.15, 0.2) is 72.8 Å². The maximum Gasteiger partial charge on any atom is 0.338 e. The second kappa shape index (κ2) is 13.9. The van der Waals surface area contributed by atoms with E-state index in [-0.39, 0.29) is 31.9 Å². The van der Waals surface area contributed by atoms with Crippen LogP contribution in [0.2, 0.25) is 0 Å². The molecule has 0 aliphatic carbocycles. The molecule has 0 bridgehead atoms. The highest BCUT2D eigenvalue weighted by atomic mass is 16.7. The summed E-state index contributed by atoms with van der Waals surface area (Å²) in [5, 5.41) is 0. The molecule has 0 spiro atoms. The lowest BCUT2D eigenvalue weighted by atomic mass is 10.1. The largest absolute Gasteiger partial charge is 0.458 e. The molecule has 0 N–H and O–H groups in total. The van der Waals surface area contributed by atoms with Gasteiger partial charge in [-0.15, -0.1) is 0 Å². The molecule has 0 aromatic heterocycles. The minimum atomic E-state index is -0.356. The standard InChI is InChI=1S/C25H28O6/c1-20-7-11-22(12-8-20)24(26)30-17-5-3-15-28-19-29-16-4-6-18-31-25(27)23-13-9-21(2)10-14-23/h3-14H,15-19H2,1-2H3/b5-3-,6-4-. The van der Waals surface area contributed by atoms with Crippen LogP contribution >= 0.6 is 0 Å². The third-order valence-corrected chi connectivity index (χ3v) is 4.12. The molecule has 164 valence electrons. The minimum absolute atomic E-state index is 0.126. The number of carbonyl (C=O) groups is 2. The lowest BCUT2D eigenvalue weighted by Crippen LogP contribution is -2.05. The van der Waals surface area contributed by atoms with E-state index in [4.69, 9.17) is 18.9 Å². The zero-order chi connectivity index (χ0) is 22.3. The van der Waals surface area contributed by atoms with Crippen LogP contribution in [-0.4, -0.2) is 45.2 Å². The number of benzene rings is 2. The van der Waals surface area contributed by atoms with E-state index in [0.29, 0.717) is 24.3 Å². The van der Waals surface area contributed by atoms with Crippen molar-refractivity contribution in [2.45, 2.75) is 13.8 Å². The smallest absolute Gasteiger partial charge is 0.338 e. The molecular formula is C25H28O6. The Morgan fingerprint density at radius 2 is 0.968 bits per heavy atom. The zero-order valence-electron chi connectivity index (χ0n) is 17.9. The molecule has 0 saturated carbocycles. The fraction of sp³-hybridized carbons (Fsp3) is 0.280. The van der Waals surface area contributed by atoms with Crippen molar-refractivity contribution in [1.29, 1.82) is 0 Å². The van der Waals surface area contributed by atoms with Crippen molar-refractivity contribution in [1.82, 2.24) is 0 Å². The predicted octanol–water partition coefficient (Wildman–Crippen LogP) is 4.42. The van der Waals surface area contributed by atoms with Crippen LogP contribution in [-0.2, 0) is 18.9 Å². The minimum Gasteiger partial charge on any atom is -0.458 e. The number of carbonyl (C=O) groups excluding carboxylic acids is 2. The molecule has 0 fully saturated rings. The monoisotopic (exact) mass is 424 g/mol. The number of hydrogen-bond acceptors (Lipinski definition) is 6. The van der Waals surface area contributed by atoms with Crippen LogP contribution in [0.25, 0.3) is 0 Å². The van der Waals surface area contributed by atoms with Crippen molar-refractivity contribution in [2.24, 2.45) is 0 Å². The lowest BCUT2D eigenvalue weighted by Gasteiger charge is -2.03. The topological polar surface area (TPSA) is 71.1 Å². The van der Waals surface area contributed by atoms with Gasteiger partial charge in [0.05, 0.1) is 24.3 Å². The van der Waals surface area contributed by atoms with E-state index >= 15 is 0 Å². The lowest BCUT2D eigenvalue weighted by molar-refractivity contribution is -0.0333. The van der Waals surface area contributed by atoms with Crippen molar-refractivity contribution in [2.75, 3.05) is 33.2 Å². The van der Waals surface area contributed by atoms with E-state index in [2.05, 4.69) is 0 Å². The number of hydrogen-bond donors (Lipinski definition) is 0. The first-order chi connectivity index (χ1) is 15.1. The Morgan fingerprint density at radius 3 is 1.35 bits per heavy atom. The molecule has 2 aromatic rings. The third kappa shape index (κ3) is 9.89. The van der Waals surface area contributed by atoms with Gasteiger partial charge >= 0.3 is 11.9 Å². The summed E-state index contributed by atoms with van der Waals surface area (Å²) in [4.78, 5) is 23.6. The molecule has 0 atom stereocenters. The van der Waals surface area contributed by atoms with Gasteiger partial charge in [0.1, 0.15) is 20.0 Å². The normalized spacial score (nSPS) is 11.2. The van der Waals surface area contributed by atoms with Crippen LogP contribution in [0.1, 0.15) is 31.8 Å². The van der Waals surface area contributed by atoms with Gasteiger partial charge in [-0.3, -0.25) is 0 Å². The van der Waals surface area contributed by atoms with E-state index in [0.717, 1.165) is 11.1 Å². The van der Waals surface area contributed by atoms with Gasteiger partial charge in [-0.1, -0.05) is 47.5 Å². The molecule has 0 radical (unpaired) electrons. The summed E-state index contributed by atoms with van der Waals surface area (Å²) in [5.41, 5.74) is 3.24. The second-order valence-electron chi connectivity index (χ2n) is 6.73. The van der Waals surface area contributed by atoms with Crippen LogP contribution in [0, 0.1) is 13.8 Å². The van der Waals surface area contributed by atoms with Gasteiger partial charge in [0.2, 0.25) is 0 Å². The van der Waals surface area contributed by atoms with Crippen LogP contribution in [0.5, 0.6) is 0 Å². The second-order valence-corrected chi connectivity index (χ2v) is 6.73. The quantitative estimate of drug-likeness (QED) is 0.217. The molecule has 0 aliphatic heterocycles. The zero-order valence-corrected chi connectivity index (χ0v) is 17.9. The van der Waals surface area contributed by atoms with Crippen molar-refractivity contribution < 1.29 is 28.5 Å². The molecule has 0 aliphatic rings.